The van der Waals surface area contributed by atoms with Crippen molar-refractivity contribution in [2.24, 2.45) is 5.73 Å². The van der Waals surface area contributed by atoms with Gasteiger partial charge >= 0.3 is 0 Å². The zero-order valence-electron chi connectivity index (χ0n) is 8.91. The topological polar surface area (TPSA) is 64.4 Å². The Balaban J connectivity index is 2.14. The van der Waals surface area contributed by atoms with Crippen LogP contribution < -0.4 is 15.8 Å². The van der Waals surface area contributed by atoms with E-state index in [1.807, 2.05) is 12.1 Å². The molecular weight excluding hydrogens is 228 g/mol. The number of carbonyl (C=O) groups excluding carboxylic acids is 1. The van der Waals surface area contributed by atoms with Crippen LogP contribution in [-0.2, 0) is 4.79 Å². The van der Waals surface area contributed by atoms with Gasteiger partial charge in [-0.25, -0.2) is 0 Å². The first kappa shape index (κ1) is 12.8. The Hall–Kier alpha value is -1.26. The van der Waals surface area contributed by atoms with Gasteiger partial charge in [0.2, 0.25) is 5.91 Å². The molecule has 0 heterocycles. The lowest BCUT2D eigenvalue weighted by Gasteiger charge is -2.06. The van der Waals surface area contributed by atoms with E-state index < -0.39 is 0 Å². The third-order valence-electron chi connectivity index (χ3n) is 1.89. The maximum Gasteiger partial charge on any atom is 0.233 e. The molecule has 0 unspecified atom stereocenters. The second-order valence-electron chi connectivity index (χ2n) is 3.21. The van der Waals surface area contributed by atoms with Crippen LogP contribution in [0.5, 0.6) is 5.75 Å². The summed E-state index contributed by atoms with van der Waals surface area (Å²) in [4.78, 5) is 10.8. The summed E-state index contributed by atoms with van der Waals surface area (Å²) in [5.74, 6) is 0.584. The SMILES string of the molecule is NCC(=O)NCCCOc1cccc(Cl)c1. The van der Waals surface area contributed by atoms with E-state index in [2.05, 4.69) is 5.32 Å². The summed E-state index contributed by atoms with van der Waals surface area (Å²) >= 11 is 5.79. The molecule has 0 radical (unpaired) electrons. The van der Waals surface area contributed by atoms with Crippen LogP contribution in [0, 0.1) is 0 Å². The molecule has 5 heteroatoms. The van der Waals surface area contributed by atoms with Crippen LogP contribution in [0.25, 0.3) is 0 Å². The average molecular weight is 243 g/mol. The molecule has 0 saturated carbocycles. The van der Waals surface area contributed by atoms with E-state index in [9.17, 15) is 4.79 Å². The van der Waals surface area contributed by atoms with Crippen molar-refractivity contribution in [1.29, 1.82) is 0 Å². The summed E-state index contributed by atoms with van der Waals surface area (Å²) in [5.41, 5.74) is 5.14. The number of ether oxygens (including phenoxy) is 1. The monoisotopic (exact) mass is 242 g/mol. The molecule has 0 aliphatic heterocycles. The van der Waals surface area contributed by atoms with Gasteiger partial charge in [-0.05, 0) is 24.6 Å². The minimum absolute atomic E-state index is 0.0230. The van der Waals surface area contributed by atoms with Gasteiger partial charge in [0.15, 0.2) is 0 Å². The third kappa shape index (κ3) is 5.00. The van der Waals surface area contributed by atoms with Crippen molar-refractivity contribution in [1.82, 2.24) is 5.32 Å². The highest BCUT2D eigenvalue weighted by molar-refractivity contribution is 6.30. The highest BCUT2D eigenvalue weighted by Gasteiger charge is 1.97. The Morgan fingerprint density at radius 1 is 1.50 bits per heavy atom. The lowest BCUT2D eigenvalue weighted by atomic mass is 10.3. The van der Waals surface area contributed by atoms with Crippen LogP contribution >= 0.6 is 11.6 Å². The van der Waals surface area contributed by atoms with Crippen LogP contribution in [0.3, 0.4) is 0 Å². The van der Waals surface area contributed by atoms with Gasteiger partial charge in [-0.15, -0.1) is 0 Å². The summed E-state index contributed by atoms with van der Waals surface area (Å²) in [6, 6.07) is 7.20. The first-order valence-electron chi connectivity index (χ1n) is 5.07. The van der Waals surface area contributed by atoms with E-state index in [0.717, 1.165) is 12.2 Å². The number of halogens is 1. The molecule has 0 aromatic heterocycles. The molecule has 1 amide bonds. The standard InChI is InChI=1S/C11H15ClN2O2/c12-9-3-1-4-10(7-9)16-6-2-5-14-11(15)8-13/h1,3-4,7H,2,5-6,8,13H2,(H,14,15). The molecule has 0 aliphatic carbocycles. The molecule has 0 aliphatic rings. The zero-order valence-corrected chi connectivity index (χ0v) is 9.67. The maximum atomic E-state index is 10.8. The predicted octanol–water partition coefficient (Wildman–Crippen LogP) is 1.18. The highest BCUT2D eigenvalue weighted by Crippen LogP contribution is 2.16. The Labute approximate surface area is 99.7 Å². The normalized spacial score (nSPS) is 9.88. The van der Waals surface area contributed by atoms with Crippen LogP contribution in [0.15, 0.2) is 24.3 Å². The quantitative estimate of drug-likeness (QED) is 0.737. The predicted molar refractivity (Wildman–Crippen MR) is 63.6 cm³/mol. The fourth-order valence-electron chi connectivity index (χ4n) is 1.12. The molecular formula is C11H15ClN2O2. The molecule has 0 spiro atoms. The minimum Gasteiger partial charge on any atom is -0.493 e. The lowest BCUT2D eigenvalue weighted by molar-refractivity contribution is -0.119. The number of benzene rings is 1. The van der Waals surface area contributed by atoms with Crippen LogP contribution in [0.4, 0.5) is 0 Å². The van der Waals surface area contributed by atoms with Gasteiger partial charge in [-0.3, -0.25) is 4.79 Å². The van der Waals surface area contributed by atoms with E-state index >= 15 is 0 Å². The Morgan fingerprint density at radius 2 is 2.31 bits per heavy atom. The van der Waals surface area contributed by atoms with Gasteiger partial charge < -0.3 is 15.8 Å². The molecule has 16 heavy (non-hydrogen) atoms. The first-order valence-corrected chi connectivity index (χ1v) is 5.45. The lowest BCUT2D eigenvalue weighted by Crippen LogP contribution is -2.31. The summed E-state index contributed by atoms with van der Waals surface area (Å²) in [6.45, 7) is 1.12. The summed E-state index contributed by atoms with van der Waals surface area (Å²) < 4.78 is 5.44. The molecule has 3 N–H and O–H groups in total. The number of nitrogens with one attached hydrogen (secondary N) is 1. The van der Waals surface area contributed by atoms with Crippen molar-refractivity contribution in [3.63, 3.8) is 0 Å². The van der Waals surface area contributed by atoms with Crippen molar-refractivity contribution < 1.29 is 9.53 Å². The smallest absolute Gasteiger partial charge is 0.233 e. The van der Waals surface area contributed by atoms with Gasteiger partial charge in [0.05, 0.1) is 13.2 Å². The molecule has 0 bridgehead atoms. The van der Waals surface area contributed by atoms with E-state index in [1.165, 1.54) is 0 Å². The van der Waals surface area contributed by atoms with Crippen molar-refractivity contribution in [2.75, 3.05) is 19.7 Å². The molecule has 1 aromatic carbocycles. The van der Waals surface area contributed by atoms with Crippen LogP contribution in [0.1, 0.15) is 6.42 Å². The summed E-state index contributed by atoms with van der Waals surface area (Å²) in [5, 5.41) is 3.31. The molecule has 1 aromatic rings. The van der Waals surface area contributed by atoms with Crippen LogP contribution in [0.2, 0.25) is 5.02 Å². The number of carbonyl (C=O) groups is 1. The Bertz CT molecular complexity index is 345. The Morgan fingerprint density at radius 3 is 3.00 bits per heavy atom. The number of hydrogen-bond acceptors (Lipinski definition) is 3. The molecule has 88 valence electrons. The third-order valence-corrected chi connectivity index (χ3v) is 2.13. The van der Waals surface area contributed by atoms with E-state index in [4.69, 9.17) is 22.1 Å². The fourth-order valence-corrected chi connectivity index (χ4v) is 1.30. The van der Waals surface area contributed by atoms with Crippen molar-refractivity contribution in [3.8, 4) is 5.75 Å². The summed E-state index contributed by atoms with van der Waals surface area (Å²) in [7, 11) is 0. The highest BCUT2D eigenvalue weighted by atomic mass is 35.5. The maximum absolute atomic E-state index is 10.8. The van der Waals surface area contributed by atoms with Gasteiger partial charge in [0, 0.05) is 11.6 Å². The molecule has 0 saturated heterocycles. The summed E-state index contributed by atoms with van der Waals surface area (Å²) in [6.07, 6.45) is 0.734. The Kier molecular flexibility index (Phi) is 5.67. The van der Waals surface area contributed by atoms with Gasteiger partial charge in [0.25, 0.3) is 0 Å². The zero-order chi connectivity index (χ0) is 11.8. The van der Waals surface area contributed by atoms with E-state index in [0.29, 0.717) is 18.2 Å². The molecule has 1 rings (SSSR count). The molecule has 4 nitrogen and oxygen atoms in total. The molecule has 0 fully saturated rings. The number of rotatable bonds is 6. The fraction of sp³-hybridized carbons (Fsp3) is 0.364. The van der Waals surface area contributed by atoms with E-state index in [-0.39, 0.29) is 12.5 Å². The molecule has 0 atom stereocenters. The number of hydrogen-bond donors (Lipinski definition) is 2. The first-order chi connectivity index (χ1) is 7.72. The second kappa shape index (κ2) is 7.09. The van der Waals surface area contributed by atoms with Crippen molar-refractivity contribution in [3.05, 3.63) is 29.3 Å². The number of nitrogens with two attached hydrogens (primary N) is 1. The second-order valence-corrected chi connectivity index (χ2v) is 3.65. The van der Waals surface area contributed by atoms with Gasteiger partial charge in [0.1, 0.15) is 5.75 Å². The number of amides is 1. The largest absolute Gasteiger partial charge is 0.493 e. The van der Waals surface area contributed by atoms with Gasteiger partial charge in [-0.2, -0.15) is 0 Å². The van der Waals surface area contributed by atoms with Crippen molar-refractivity contribution >= 4 is 17.5 Å². The minimum atomic E-state index is -0.150. The van der Waals surface area contributed by atoms with Gasteiger partial charge in [-0.1, -0.05) is 17.7 Å². The average Bonchev–Trinajstić information content (AvgIpc) is 2.28. The van der Waals surface area contributed by atoms with Crippen molar-refractivity contribution in [2.45, 2.75) is 6.42 Å². The van der Waals surface area contributed by atoms with E-state index in [1.54, 1.807) is 12.1 Å². The van der Waals surface area contributed by atoms with Crippen LogP contribution in [-0.4, -0.2) is 25.6 Å².